The lowest BCUT2D eigenvalue weighted by Crippen LogP contribution is -2.16. The van der Waals surface area contributed by atoms with E-state index >= 15 is 0 Å². The van der Waals surface area contributed by atoms with Gasteiger partial charge in [-0.3, -0.25) is 0 Å². The van der Waals surface area contributed by atoms with E-state index in [9.17, 15) is 0 Å². The molecule has 1 rings (SSSR count). The molecule has 0 bridgehead atoms. The molecule has 0 heterocycles. The highest BCUT2D eigenvalue weighted by Gasteiger charge is 2.12. The number of terminal acetylenes is 1. The van der Waals surface area contributed by atoms with E-state index in [0.717, 1.165) is 18.4 Å². The second-order valence-corrected chi connectivity index (χ2v) is 4.09. The summed E-state index contributed by atoms with van der Waals surface area (Å²) in [6.07, 6.45) is 6.84. The Morgan fingerprint density at radius 3 is 2.73 bits per heavy atom. The molecule has 0 saturated carbocycles. The van der Waals surface area contributed by atoms with E-state index in [0.29, 0.717) is 10.0 Å². The lowest BCUT2D eigenvalue weighted by Gasteiger charge is -2.16. The summed E-state index contributed by atoms with van der Waals surface area (Å²) in [5, 5.41) is 4.52. The predicted molar refractivity (Wildman–Crippen MR) is 66.3 cm³/mol. The van der Waals surface area contributed by atoms with Gasteiger partial charge in [0.05, 0.1) is 0 Å². The largest absolute Gasteiger partial charge is 0.313 e. The van der Waals surface area contributed by atoms with Gasteiger partial charge in [-0.2, -0.15) is 0 Å². The second kappa shape index (κ2) is 6.02. The van der Waals surface area contributed by atoms with Gasteiger partial charge in [-0.15, -0.1) is 12.3 Å². The van der Waals surface area contributed by atoms with Gasteiger partial charge < -0.3 is 5.32 Å². The van der Waals surface area contributed by atoms with Crippen molar-refractivity contribution >= 4 is 23.2 Å². The van der Waals surface area contributed by atoms with Crippen LogP contribution in [0.25, 0.3) is 0 Å². The third-order valence-corrected chi connectivity index (χ3v) is 2.83. The minimum Gasteiger partial charge on any atom is -0.313 e. The van der Waals surface area contributed by atoms with Crippen molar-refractivity contribution in [3.63, 3.8) is 0 Å². The van der Waals surface area contributed by atoms with Crippen LogP contribution < -0.4 is 5.32 Å². The number of rotatable bonds is 4. The normalized spacial score (nSPS) is 12.1. The van der Waals surface area contributed by atoms with E-state index in [2.05, 4.69) is 11.2 Å². The van der Waals surface area contributed by atoms with Gasteiger partial charge in [0.2, 0.25) is 0 Å². The van der Waals surface area contributed by atoms with Crippen molar-refractivity contribution in [1.29, 1.82) is 0 Å². The van der Waals surface area contributed by atoms with Gasteiger partial charge >= 0.3 is 0 Å². The Morgan fingerprint density at radius 1 is 1.47 bits per heavy atom. The molecule has 0 aliphatic rings. The third kappa shape index (κ3) is 3.43. The Balaban J connectivity index is 2.87. The highest BCUT2D eigenvalue weighted by Crippen LogP contribution is 2.28. The van der Waals surface area contributed by atoms with E-state index in [1.165, 1.54) is 0 Å². The Labute approximate surface area is 101 Å². The third-order valence-electron chi connectivity index (χ3n) is 2.26. The van der Waals surface area contributed by atoms with Crippen molar-refractivity contribution in [2.45, 2.75) is 18.9 Å². The predicted octanol–water partition coefficient (Wildman–Crippen LogP) is 3.67. The van der Waals surface area contributed by atoms with Crippen LogP contribution in [0.5, 0.6) is 0 Å². The first kappa shape index (κ1) is 12.4. The fourth-order valence-electron chi connectivity index (χ4n) is 1.47. The summed E-state index contributed by atoms with van der Waals surface area (Å²) in [6, 6.07) is 5.70. The molecule has 0 aliphatic carbocycles. The van der Waals surface area contributed by atoms with Crippen LogP contribution in [0.15, 0.2) is 18.2 Å². The average molecular weight is 242 g/mol. The van der Waals surface area contributed by atoms with E-state index < -0.39 is 0 Å². The molecular formula is C12H13Cl2N. The molecule has 1 nitrogen and oxygen atoms in total. The molecule has 1 aromatic carbocycles. The van der Waals surface area contributed by atoms with Gasteiger partial charge in [0, 0.05) is 22.5 Å². The summed E-state index contributed by atoms with van der Waals surface area (Å²) >= 11 is 11.9. The molecule has 15 heavy (non-hydrogen) atoms. The summed E-state index contributed by atoms with van der Waals surface area (Å²) in [4.78, 5) is 0. The SMILES string of the molecule is C#CCCC(NC)c1ccc(Cl)cc1Cl. The minimum atomic E-state index is 0.186. The summed E-state index contributed by atoms with van der Waals surface area (Å²) < 4.78 is 0. The molecule has 0 amide bonds. The molecule has 3 heteroatoms. The van der Waals surface area contributed by atoms with E-state index in [1.54, 1.807) is 6.07 Å². The Bertz CT molecular complexity index is 368. The van der Waals surface area contributed by atoms with E-state index in [1.807, 2.05) is 19.2 Å². The van der Waals surface area contributed by atoms with E-state index in [-0.39, 0.29) is 6.04 Å². The lowest BCUT2D eigenvalue weighted by atomic mass is 10.0. The summed E-state index contributed by atoms with van der Waals surface area (Å²) in [5.74, 6) is 2.62. The highest BCUT2D eigenvalue weighted by molar-refractivity contribution is 6.35. The molecule has 0 radical (unpaired) electrons. The number of nitrogens with one attached hydrogen (secondary N) is 1. The van der Waals surface area contributed by atoms with Crippen LogP contribution in [-0.2, 0) is 0 Å². The van der Waals surface area contributed by atoms with Crippen molar-refractivity contribution in [3.8, 4) is 12.3 Å². The van der Waals surface area contributed by atoms with Crippen LogP contribution in [0.4, 0.5) is 0 Å². The summed E-state index contributed by atoms with van der Waals surface area (Å²) in [6.45, 7) is 0. The van der Waals surface area contributed by atoms with Gasteiger partial charge in [-0.05, 0) is 31.2 Å². The van der Waals surface area contributed by atoms with Crippen LogP contribution in [-0.4, -0.2) is 7.05 Å². The van der Waals surface area contributed by atoms with Crippen LogP contribution in [0.2, 0.25) is 10.0 Å². The molecule has 1 aromatic rings. The van der Waals surface area contributed by atoms with Crippen molar-refractivity contribution in [1.82, 2.24) is 5.32 Å². The zero-order chi connectivity index (χ0) is 11.3. The zero-order valence-electron chi connectivity index (χ0n) is 8.56. The Hall–Kier alpha value is -0.680. The average Bonchev–Trinajstić information content (AvgIpc) is 2.21. The van der Waals surface area contributed by atoms with E-state index in [4.69, 9.17) is 29.6 Å². The second-order valence-electron chi connectivity index (χ2n) is 3.25. The van der Waals surface area contributed by atoms with Gasteiger partial charge in [0.1, 0.15) is 0 Å². The maximum atomic E-state index is 6.11. The number of hydrogen-bond acceptors (Lipinski definition) is 1. The van der Waals surface area contributed by atoms with Gasteiger partial charge in [-0.25, -0.2) is 0 Å². The fraction of sp³-hybridized carbons (Fsp3) is 0.333. The van der Waals surface area contributed by atoms with Crippen molar-refractivity contribution in [2.24, 2.45) is 0 Å². The number of hydrogen-bond donors (Lipinski definition) is 1. The molecule has 0 fully saturated rings. The maximum absolute atomic E-state index is 6.11. The maximum Gasteiger partial charge on any atom is 0.0468 e. The Morgan fingerprint density at radius 2 is 2.20 bits per heavy atom. The molecule has 0 spiro atoms. The first-order chi connectivity index (χ1) is 7.19. The van der Waals surface area contributed by atoms with Crippen molar-refractivity contribution in [2.75, 3.05) is 7.05 Å². The molecule has 0 aromatic heterocycles. The van der Waals surface area contributed by atoms with Crippen LogP contribution >= 0.6 is 23.2 Å². The highest BCUT2D eigenvalue weighted by atomic mass is 35.5. The first-order valence-electron chi connectivity index (χ1n) is 4.74. The molecule has 1 N–H and O–H groups in total. The van der Waals surface area contributed by atoms with Crippen molar-refractivity contribution in [3.05, 3.63) is 33.8 Å². The monoisotopic (exact) mass is 241 g/mol. The van der Waals surface area contributed by atoms with Crippen LogP contribution in [0, 0.1) is 12.3 Å². The lowest BCUT2D eigenvalue weighted by molar-refractivity contribution is 0.559. The summed E-state index contributed by atoms with van der Waals surface area (Å²) in [5.41, 5.74) is 1.04. The standard InChI is InChI=1S/C12H13Cl2N/c1-3-4-5-12(15-2)10-7-6-9(13)8-11(10)14/h1,6-8,12,15H,4-5H2,2H3. The number of benzene rings is 1. The molecule has 0 saturated heterocycles. The Kier molecular flexibility index (Phi) is 4.98. The fourth-order valence-corrected chi connectivity index (χ4v) is 2.01. The molecule has 1 atom stereocenters. The minimum absolute atomic E-state index is 0.186. The molecule has 80 valence electrons. The molecule has 0 aliphatic heterocycles. The molecule has 1 unspecified atom stereocenters. The van der Waals surface area contributed by atoms with Gasteiger partial charge in [0.15, 0.2) is 0 Å². The topological polar surface area (TPSA) is 12.0 Å². The van der Waals surface area contributed by atoms with Crippen LogP contribution in [0.1, 0.15) is 24.4 Å². The van der Waals surface area contributed by atoms with Gasteiger partial charge in [0.25, 0.3) is 0 Å². The summed E-state index contributed by atoms with van der Waals surface area (Å²) in [7, 11) is 1.89. The smallest absolute Gasteiger partial charge is 0.0468 e. The first-order valence-corrected chi connectivity index (χ1v) is 5.50. The van der Waals surface area contributed by atoms with Crippen LogP contribution in [0.3, 0.4) is 0 Å². The molecular weight excluding hydrogens is 229 g/mol. The zero-order valence-corrected chi connectivity index (χ0v) is 10.1. The van der Waals surface area contributed by atoms with Crippen molar-refractivity contribution < 1.29 is 0 Å². The quantitative estimate of drug-likeness (QED) is 0.794. The number of halogens is 2. The van der Waals surface area contributed by atoms with Gasteiger partial charge in [-0.1, -0.05) is 29.3 Å².